The molecule has 0 bridgehead atoms. The van der Waals surface area contributed by atoms with Crippen molar-refractivity contribution in [2.75, 3.05) is 6.61 Å². The predicted octanol–water partition coefficient (Wildman–Crippen LogP) is 2.85. The van der Waals surface area contributed by atoms with Crippen molar-refractivity contribution in [2.45, 2.75) is 70.9 Å². The molecule has 2 aliphatic carbocycles. The lowest BCUT2D eigenvalue weighted by Crippen LogP contribution is -2.45. The summed E-state index contributed by atoms with van der Waals surface area (Å²) < 4.78 is 5.63. The second-order valence-electron chi connectivity index (χ2n) is 6.44. The van der Waals surface area contributed by atoms with Gasteiger partial charge in [-0.3, -0.25) is 11.3 Å². The number of hydrogen-bond acceptors (Lipinski definition) is 3. The molecule has 3 N–H and O–H groups in total. The molecular formula is C15H30N2O. The minimum Gasteiger partial charge on any atom is -0.378 e. The van der Waals surface area contributed by atoms with E-state index in [2.05, 4.69) is 19.3 Å². The van der Waals surface area contributed by atoms with E-state index < -0.39 is 0 Å². The summed E-state index contributed by atoms with van der Waals surface area (Å²) in [6.45, 7) is 5.32. The van der Waals surface area contributed by atoms with Crippen LogP contribution in [0.1, 0.15) is 58.8 Å². The summed E-state index contributed by atoms with van der Waals surface area (Å²) in [7, 11) is 0. The second-order valence-corrected chi connectivity index (χ2v) is 6.44. The van der Waals surface area contributed by atoms with E-state index in [1.165, 1.54) is 44.9 Å². The van der Waals surface area contributed by atoms with Gasteiger partial charge in [-0.2, -0.15) is 0 Å². The molecule has 0 aliphatic heterocycles. The summed E-state index contributed by atoms with van der Waals surface area (Å²) in [6, 6.07) is 0.532. The van der Waals surface area contributed by atoms with Crippen molar-refractivity contribution in [2.24, 2.45) is 23.6 Å². The predicted molar refractivity (Wildman–Crippen MR) is 75.0 cm³/mol. The van der Waals surface area contributed by atoms with Crippen molar-refractivity contribution in [3.63, 3.8) is 0 Å². The van der Waals surface area contributed by atoms with Gasteiger partial charge >= 0.3 is 0 Å². The number of hydrazine groups is 1. The van der Waals surface area contributed by atoms with Crippen LogP contribution in [0.25, 0.3) is 0 Å². The van der Waals surface area contributed by atoms with Crippen molar-refractivity contribution in [1.82, 2.24) is 5.43 Å². The summed E-state index contributed by atoms with van der Waals surface area (Å²) in [5.41, 5.74) is 3.09. The molecule has 1 unspecified atom stereocenters. The molecule has 0 spiro atoms. The molecule has 0 amide bonds. The minimum absolute atomic E-state index is 0.532. The van der Waals surface area contributed by atoms with Crippen LogP contribution in [0, 0.1) is 17.8 Å². The number of rotatable bonds is 6. The van der Waals surface area contributed by atoms with Crippen LogP contribution in [0.5, 0.6) is 0 Å². The van der Waals surface area contributed by atoms with E-state index in [9.17, 15) is 0 Å². The van der Waals surface area contributed by atoms with Crippen molar-refractivity contribution in [3.8, 4) is 0 Å². The molecule has 0 aromatic carbocycles. The number of nitrogens with two attached hydrogens (primary N) is 1. The standard InChI is InChI=1S/C15H30N2O/c1-3-18-14-8-12(9-14)10-15(17-16)13-6-4-11(2)5-7-13/h11-15,17H,3-10,16H2,1-2H3. The first kappa shape index (κ1) is 14.3. The highest BCUT2D eigenvalue weighted by Crippen LogP contribution is 2.38. The summed E-state index contributed by atoms with van der Waals surface area (Å²) in [6.07, 6.45) is 9.76. The highest BCUT2D eigenvalue weighted by atomic mass is 16.5. The third-order valence-electron chi connectivity index (χ3n) is 5.03. The fourth-order valence-corrected chi connectivity index (χ4v) is 3.68. The zero-order valence-electron chi connectivity index (χ0n) is 12.0. The molecule has 0 radical (unpaired) electrons. The van der Waals surface area contributed by atoms with Gasteiger partial charge in [0.15, 0.2) is 0 Å². The average molecular weight is 254 g/mol. The highest BCUT2D eigenvalue weighted by molar-refractivity contribution is 4.87. The number of hydrogen-bond donors (Lipinski definition) is 2. The first-order valence-corrected chi connectivity index (χ1v) is 7.80. The van der Waals surface area contributed by atoms with Gasteiger partial charge in [0, 0.05) is 12.6 Å². The van der Waals surface area contributed by atoms with Crippen molar-refractivity contribution in [3.05, 3.63) is 0 Å². The summed E-state index contributed by atoms with van der Waals surface area (Å²) in [4.78, 5) is 0. The smallest absolute Gasteiger partial charge is 0.0580 e. The molecule has 0 aromatic heterocycles. The largest absolute Gasteiger partial charge is 0.378 e. The van der Waals surface area contributed by atoms with Gasteiger partial charge in [-0.1, -0.05) is 19.8 Å². The van der Waals surface area contributed by atoms with Crippen molar-refractivity contribution < 1.29 is 4.74 Å². The van der Waals surface area contributed by atoms with Crippen LogP contribution in [0.2, 0.25) is 0 Å². The van der Waals surface area contributed by atoms with E-state index in [-0.39, 0.29) is 0 Å². The maximum absolute atomic E-state index is 5.78. The molecule has 0 saturated heterocycles. The Morgan fingerprint density at radius 2 is 1.89 bits per heavy atom. The molecule has 1 atom stereocenters. The molecule has 2 rings (SSSR count). The van der Waals surface area contributed by atoms with Crippen LogP contribution in [0.15, 0.2) is 0 Å². The molecule has 2 saturated carbocycles. The van der Waals surface area contributed by atoms with E-state index in [4.69, 9.17) is 10.6 Å². The lowest BCUT2D eigenvalue weighted by molar-refractivity contribution is -0.0315. The van der Waals surface area contributed by atoms with Crippen LogP contribution in [0.3, 0.4) is 0 Å². The number of ether oxygens (including phenoxy) is 1. The van der Waals surface area contributed by atoms with E-state index in [1.807, 2.05) is 0 Å². The summed E-state index contributed by atoms with van der Waals surface area (Å²) >= 11 is 0. The van der Waals surface area contributed by atoms with E-state index >= 15 is 0 Å². The highest BCUT2D eigenvalue weighted by Gasteiger charge is 2.34. The van der Waals surface area contributed by atoms with Crippen LogP contribution in [-0.4, -0.2) is 18.8 Å². The van der Waals surface area contributed by atoms with Gasteiger partial charge in [-0.05, 0) is 56.8 Å². The van der Waals surface area contributed by atoms with Gasteiger partial charge in [0.05, 0.1) is 6.10 Å². The molecule has 2 fully saturated rings. The second kappa shape index (κ2) is 6.88. The Kier molecular flexibility index (Phi) is 5.46. The van der Waals surface area contributed by atoms with E-state index in [0.29, 0.717) is 12.1 Å². The normalized spacial score (nSPS) is 38.2. The monoisotopic (exact) mass is 254 g/mol. The lowest BCUT2D eigenvalue weighted by Gasteiger charge is -2.40. The summed E-state index contributed by atoms with van der Waals surface area (Å²) in [5.74, 6) is 8.34. The Balaban J connectivity index is 1.70. The van der Waals surface area contributed by atoms with Crippen LogP contribution in [0.4, 0.5) is 0 Å². The molecular weight excluding hydrogens is 224 g/mol. The topological polar surface area (TPSA) is 47.3 Å². The maximum Gasteiger partial charge on any atom is 0.0580 e. The zero-order chi connectivity index (χ0) is 13.0. The molecule has 0 heterocycles. The third kappa shape index (κ3) is 3.69. The Labute approximate surface area is 112 Å². The van der Waals surface area contributed by atoms with Gasteiger partial charge in [-0.15, -0.1) is 0 Å². The van der Waals surface area contributed by atoms with Gasteiger partial charge < -0.3 is 4.74 Å². The minimum atomic E-state index is 0.532. The zero-order valence-corrected chi connectivity index (χ0v) is 12.0. The van der Waals surface area contributed by atoms with Gasteiger partial charge in [0.1, 0.15) is 0 Å². The van der Waals surface area contributed by atoms with Gasteiger partial charge in [-0.25, -0.2) is 0 Å². The van der Waals surface area contributed by atoms with Crippen LogP contribution >= 0.6 is 0 Å². The maximum atomic E-state index is 5.78. The molecule has 3 heteroatoms. The fourth-order valence-electron chi connectivity index (χ4n) is 3.68. The molecule has 3 nitrogen and oxygen atoms in total. The molecule has 2 aliphatic rings. The van der Waals surface area contributed by atoms with Gasteiger partial charge in [0.25, 0.3) is 0 Å². The molecule has 18 heavy (non-hydrogen) atoms. The first-order valence-electron chi connectivity index (χ1n) is 7.80. The van der Waals surface area contributed by atoms with Crippen LogP contribution < -0.4 is 11.3 Å². The van der Waals surface area contributed by atoms with Crippen molar-refractivity contribution in [1.29, 1.82) is 0 Å². The summed E-state index contributed by atoms with van der Waals surface area (Å²) in [5, 5.41) is 0. The Hall–Kier alpha value is -0.120. The Morgan fingerprint density at radius 1 is 1.22 bits per heavy atom. The van der Waals surface area contributed by atoms with Crippen molar-refractivity contribution >= 4 is 0 Å². The molecule has 0 aromatic rings. The third-order valence-corrected chi connectivity index (χ3v) is 5.03. The fraction of sp³-hybridized carbons (Fsp3) is 1.00. The van der Waals surface area contributed by atoms with Gasteiger partial charge in [0.2, 0.25) is 0 Å². The first-order chi connectivity index (χ1) is 8.72. The quantitative estimate of drug-likeness (QED) is 0.566. The SMILES string of the molecule is CCOC1CC(CC(NN)C2CCC(C)CC2)C1. The number of nitrogens with one attached hydrogen (secondary N) is 1. The van der Waals surface area contributed by atoms with E-state index in [1.54, 1.807) is 0 Å². The Morgan fingerprint density at radius 3 is 2.44 bits per heavy atom. The van der Waals surface area contributed by atoms with Crippen LogP contribution in [-0.2, 0) is 4.74 Å². The average Bonchev–Trinajstić information content (AvgIpc) is 2.33. The lowest BCUT2D eigenvalue weighted by atomic mass is 9.72. The molecule has 106 valence electrons. The van der Waals surface area contributed by atoms with E-state index in [0.717, 1.165) is 24.4 Å². The Bertz CT molecular complexity index is 233.